The second-order valence-corrected chi connectivity index (χ2v) is 8.20. The van der Waals surface area contributed by atoms with Crippen LogP contribution in [0.4, 0.5) is 23.7 Å². The van der Waals surface area contributed by atoms with Gasteiger partial charge in [-0.2, -0.15) is 13.2 Å². The summed E-state index contributed by atoms with van der Waals surface area (Å²) in [5, 5.41) is 13.0. The topological polar surface area (TPSA) is 55.8 Å². The normalized spacial score (nSPS) is 30.4. The maximum Gasteiger partial charge on any atom is 0.416 e. The standard InChI is InChI=1S/C20H26F3N3O2/c21-20(22,23)13-3-5-15(6-4-13)25-9-1-2-14(12-25)24-19(28)26-16-7-8-17(26)11-18(27)10-16/h3-6,14,16-18,27H,1-2,7-12H2,(H,24,28)/t14-,16-,17+,18?/m0/s1. The van der Waals surface area contributed by atoms with Gasteiger partial charge in [-0.05, 0) is 62.8 Å². The summed E-state index contributed by atoms with van der Waals surface area (Å²) in [6.45, 7) is 1.35. The minimum Gasteiger partial charge on any atom is -0.393 e. The predicted octanol–water partition coefficient (Wildman–Crippen LogP) is 3.37. The van der Waals surface area contributed by atoms with E-state index >= 15 is 0 Å². The molecule has 28 heavy (non-hydrogen) atoms. The number of amides is 2. The Morgan fingerprint density at radius 1 is 1.07 bits per heavy atom. The molecule has 1 unspecified atom stereocenters. The predicted molar refractivity (Wildman–Crippen MR) is 99.1 cm³/mol. The molecular formula is C20H26F3N3O2. The molecular weight excluding hydrogens is 371 g/mol. The van der Waals surface area contributed by atoms with E-state index in [1.165, 1.54) is 12.1 Å². The number of nitrogens with one attached hydrogen (secondary N) is 1. The first kappa shape index (κ1) is 19.4. The van der Waals surface area contributed by atoms with E-state index in [4.69, 9.17) is 0 Å². The highest BCUT2D eigenvalue weighted by atomic mass is 19.4. The molecule has 0 aromatic heterocycles. The number of carbonyl (C=O) groups is 1. The quantitative estimate of drug-likeness (QED) is 0.805. The molecule has 2 bridgehead atoms. The Morgan fingerprint density at radius 3 is 2.32 bits per heavy atom. The molecule has 154 valence electrons. The maximum atomic E-state index is 12.8. The smallest absolute Gasteiger partial charge is 0.393 e. The molecule has 0 spiro atoms. The first-order chi connectivity index (χ1) is 13.3. The minimum atomic E-state index is -4.34. The fourth-order valence-corrected chi connectivity index (χ4v) is 4.92. The molecule has 1 aromatic rings. The fourth-order valence-electron chi connectivity index (χ4n) is 4.92. The lowest BCUT2D eigenvalue weighted by Crippen LogP contribution is -2.56. The molecule has 4 atom stereocenters. The van der Waals surface area contributed by atoms with Crippen molar-refractivity contribution in [1.29, 1.82) is 0 Å². The lowest BCUT2D eigenvalue weighted by Gasteiger charge is -2.40. The number of halogens is 3. The number of piperidine rings is 2. The number of benzene rings is 1. The molecule has 2 amide bonds. The average Bonchev–Trinajstić information content (AvgIpc) is 2.93. The van der Waals surface area contributed by atoms with Crippen LogP contribution < -0.4 is 10.2 Å². The van der Waals surface area contributed by atoms with Crippen molar-refractivity contribution in [3.8, 4) is 0 Å². The number of fused-ring (bicyclic) bond motifs is 2. The zero-order valence-electron chi connectivity index (χ0n) is 15.7. The maximum absolute atomic E-state index is 12.8. The molecule has 3 heterocycles. The van der Waals surface area contributed by atoms with Gasteiger partial charge >= 0.3 is 12.2 Å². The van der Waals surface area contributed by atoms with Crippen molar-refractivity contribution in [2.75, 3.05) is 18.0 Å². The van der Waals surface area contributed by atoms with Gasteiger partial charge in [-0.15, -0.1) is 0 Å². The highest BCUT2D eigenvalue weighted by molar-refractivity contribution is 5.76. The second kappa shape index (κ2) is 7.46. The molecule has 5 nitrogen and oxygen atoms in total. The molecule has 3 aliphatic rings. The van der Waals surface area contributed by atoms with Crippen molar-refractivity contribution in [3.63, 3.8) is 0 Å². The fraction of sp³-hybridized carbons (Fsp3) is 0.650. The number of hydrogen-bond donors (Lipinski definition) is 2. The van der Waals surface area contributed by atoms with Gasteiger partial charge in [0.2, 0.25) is 0 Å². The van der Waals surface area contributed by atoms with E-state index < -0.39 is 11.7 Å². The number of aliphatic hydroxyl groups is 1. The van der Waals surface area contributed by atoms with Gasteiger partial charge in [0, 0.05) is 36.9 Å². The Kier molecular flexibility index (Phi) is 5.16. The van der Waals surface area contributed by atoms with Crippen LogP contribution in [-0.2, 0) is 6.18 Å². The highest BCUT2D eigenvalue weighted by Gasteiger charge is 2.43. The van der Waals surface area contributed by atoms with Crippen molar-refractivity contribution >= 4 is 11.7 Å². The third-order valence-corrected chi connectivity index (χ3v) is 6.25. The van der Waals surface area contributed by atoms with Crippen LogP contribution in [0.25, 0.3) is 0 Å². The lowest BCUT2D eigenvalue weighted by molar-refractivity contribution is -0.137. The zero-order valence-corrected chi connectivity index (χ0v) is 15.7. The SMILES string of the molecule is O=C(N[C@H]1CCCN(c2ccc(C(F)(F)F)cc2)C1)N1[C@@H]2CC[C@H]1CC(O)C2. The number of anilines is 1. The number of rotatable bonds is 2. The van der Waals surface area contributed by atoms with Crippen LogP contribution in [0.3, 0.4) is 0 Å². The summed E-state index contributed by atoms with van der Waals surface area (Å²) in [6.07, 6.45) is 0.254. The summed E-state index contributed by atoms with van der Waals surface area (Å²) >= 11 is 0. The number of hydrogen-bond acceptors (Lipinski definition) is 3. The zero-order chi connectivity index (χ0) is 19.9. The summed E-state index contributed by atoms with van der Waals surface area (Å²) in [4.78, 5) is 16.8. The Bertz CT molecular complexity index is 696. The Labute approximate surface area is 162 Å². The number of aliphatic hydroxyl groups excluding tert-OH is 1. The van der Waals surface area contributed by atoms with Gasteiger partial charge < -0.3 is 20.2 Å². The summed E-state index contributed by atoms with van der Waals surface area (Å²) in [6, 6.07) is 5.33. The van der Waals surface area contributed by atoms with Crippen LogP contribution in [0.2, 0.25) is 0 Å². The Morgan fingerprint density at radius 2 is 1.71 bits per heavy atom. The Balaban J connectivity index is 1.37. The number of alkyl halides is 3. The van der Waals surface area contributed by atoms with E-state index in [2.05, 4.69) is 5.32 Å². The largest absolute Gasteiger partial charge is 0.416 e. The molecule has 0 aliphatic carbocycles. The van der Waals surface area contributed by atoms with Gasteiger partial charge in [0.05, 0.1) is 11.7 Å². The van der Waals surface area contributed by atoms with Crippen LogP contribution in [0, 0.1) is 0 Å². The number of carbonyl (C=O) groups excluding carboxylic acids is 1. The van der Waals surface area contributed by atoms with Gasteiger partial charge in [-0.25, -0.2) is 4.79 Å². The summed E-state index contributed by atoms with van der Waals surface area (Å²) in [7, 11) is 0. The van der Waals surface area contributed by atoms with E-state index in [0.717, 1.165) is 50.0 Å². The minimum absolute atomic E-state index is 0.0326. The molecule has 4 rings (SSSR count). The van der Waals surface area contributed by atoms with Gasteiger partial charge in [-0.1, -0.05) is 0 Å². The molecule has 0 radical (unpaired) electrons. The van der Waals surface area contributed by atoms with Crippen LogP contribution in [0.5, 0.6) is 0 Å². The van der Waals surface area contributed by atoms with Gasteiger partial charge in [0.25, 0.3) is 0 Å². The summed E-state index contributed by atoms with van der Waals surface area (Å²) in [5.74, 6) is 0. The van der Waals surface area contributed by atoms with Gasteiger partial charge in [-0.3, -0.25) is 0 Å². The van der Waals surface area contributed by atoms with Crippen molar-refractivity contribution in [2.45, 2.75) is 68.9 Å². The van der Waals surface area contributed by atoms with Crippen LogP contribution in [-0.4, -0.2) is 53.4 Å². The van der Waals surface area contributed by atoms with Crippen LogP contribution in [0.15, 0.2) is 24.3 Å². The third kappa shape index (κ3) is 3.92. The first-order valence-electron chi connectivity index (χ1n) is 10.0. The van der Waals surface area contributed by atoms with Crippen molar-refractivity contribution in [3.05, 3.63) is 29.8 Å². The van der Waals surface area contributed by atoms with Crippen molar-refractivity contribution in [2.24, 2.45) is 0 Å². The van der Waals surface area contributed by atoms with E-state index in [1.807, 2.05) is 9.80 Å². The summed E-state index contributed by atoms with van der Waals surface area (Å²) < 4.78 is 38.3. The molecule has 2 N–H and O–H groups in total. The van der Waals surface area contributed by atoms with E-state index in [1.54, 1.807) is 0 Å². The van der Waals surface area contributed by atoms with E-state index in [-0.39, 0.29) is 30.3 Å². The van der Waals surface area contributed by atoms with Crippen LogP contribution in [0.1, 0.15) is 44.1 Å². The van der Waals surface area contributed by atoms with Crippen molar-refractivity contribution in [1.82, 2.24) is 10.2 Å². The lowest BCUT2D eigenvalue weighted by atomic mass is 10.00. The molecule has 3 fully saturated rings. The molecule has 8 heteroatoms. The van der Waals surface area contributed by atoms with Crippen molar-refractivity contribution < 1.29 is 23.1 Å². The molecule has 3 saturated heterocycles. The third-order valence-electron chi connectivity index (χ3n) is 6.25. The molecule has 0 saturated carbocycles. The number of urea groups is 1. The number of nitrogens with zero attached hydrogens (tertiary/aromatic N) is 2. The van der Waals surface area contributed by atoms with E-state index in [0.29, 0.717) is 19.4 Å². The van der Waals surface area contributed by atoms with Gasteiger partial charge in [0.1, 0.15) is 0 Å². The second-order valence-electron chi connectivity index (χ2n) is 8.20. The average molecular weight is 397 g/mol. The molecule has 1 aromatic carbocycles. The van der Waals surface area contributed by atoms with Gasteiger partial charge in [0.15, 0.2) is 0 Å². The monoisotopic (exact) mass is 397 g/mol. The van der Waals surface area contributed by atoms with Crippen LogP contribution >= 0.6 is 0 Å². The van der Waals surface area contributed by atoms with E-state index in [9.17, 15) is 23.1 Å². The summed E-state index contributed by atoms with van der Waals surface area (Å²) in [5.41, 5.74) is 0.0917. The highest BCUT2D eigenvalue weighted by Crippen LogP contribution is 2.36. The molecule has 3 aliphatic heterocycles. The Hall–Kier alpha value is -1.96. The first-order valence-corrected chi connectivity index (χ1v) is 10.0.